The Morgan fingerprint density at radius 1 is 1.13 bits per heavy atom. The number of amides is 1. The minimum atomic E-state index is 0.159. The van der Waals surface area contributed by atoms with Gasteiger partial charge in [-0.3, -0.25) is 4.79 Å². The number of rotatable bonds is 9. The molecular weight excluding hydrogens is 286 g/mol. The molecule has 23 heavy (non-hydrogen) atoms. The van der Waals surface area contributed by atoms with E-state index in [2.05, 4.69) is 6.92 Å². The van der Waals surface area contributed by atoms with Crippen molar-refractivity contribution in [3.05, 3.63) is 29.8 Å². The minimum Gasteiger partial charge on any atom is -0.494 e. The van der Waals surface area contributed by atoms with E-state index in [1.807, 2.05) is 36.2 Å². The van der Waals surface area contributed by atoms with E-state index < -0.39 is 0 Å². The molecule has 2 aliphatic rings. The van der Waals surface area contributed by atoms with Gasteiger partial charge in [0.25, 0.3) is 5.91 Å². The lowest BCUT2D eigenvalue weighted by molar-refractivity contribution is 0.0690. The Morgan fingerprint density at radius 3 is 2.26 bits per heavy atom. The van der Waals surface area contributed by atoms with Crippen LogP contribution in [0.1, 0.15) is 62.2 Å². The lowest BCUT2D eigenvalue weighted by Crippen LogP contribution is -2.40. The standard InChI is InChI=1S/C20H29NO2/c1-3-4-5-14-23-18-12-10-17(11-13-18)20(22)21(2)19(15-6-7-15)16-8-9-16/h10-13,15-16,19H,3-9,14H2,1-2H3. The van der Waals surface area contributed by atoms with Crippen molar-refractivity contribution >= 4 is 5.91 Å². The zero-order valence-corrected chi connectivity index (χ0v) is 14.5. The van der Waals surface area contributed by atoms with Crippen molar-refractivity contribution in [2.75, 3.05) is 13.7 Å². The van der Waals surface area contributed by atoms with Gasteiger partial charge in [-0.1, -0.05) is 19.8 Å². The highest BCUT2D eigenvalue weighted by Crippen LogP contribution is 2.47. The Morgan fingerprint density at radius 2 is 1.74 bits per heavy atom. The van der Waals surface area contributed by atoms with Crippen molar-refractivity contribution < 1.29 is 9.53 Å². The Hall–Kier alpha value is -1.51. The van der Waals surface area contributed by atoms with Crippen LogP contribution in [0.3, 0.4) is 0 Å². The summed E-state index contributed by atoms with van der Waals surface area (Å²) in [6.07, 6.45) is 8.67. The fourth-order valence-electron chi connectivity index (χ4n) is 3.47. The number of unbranched alkanes of at least 4 members (excludes halogenated alkanes) is 2. The monoisotopic (exact) mass is 315 g/mol. The van der Waals surface area contributed by atoms with Crippen LogP contribution in [-0.4, -0.2) is 30.5 Å². The Balaban J connectivity index is 1.56. The third-order valence-corrected chi connectivity index (χ3v) is 5.10. The van der Waals surface area contributed by atoms with Gasteiger partial charge in [0.2, 0.25) is 0 Å². The largest absolute Gasteiger partial charge is 0.494 e. The first-order chi connectivity index (χ1) is 11.2. The van der Waals surface area contributed by atoms with Gasteiger partial charge < -0.3 is 9.64 Å². The molecule has 3 nitrogen and oxygen atoms in total. The second-order valence-electron chi connectivity index (χ2n) is 7.16. The molecule has 0 heterocycles. The van der Waals surface area contributed by atoms with Gasteiger partial charge in [0, 0.05) is 18.7 Å². The van der Waals surface area contributed by atoms with E-state index in [4.69, 9.17) is 4.74 Å². The van der Waals surface area contributed by atoms with Crippen molar-refractivity contribution in [3.63, 3.8) is 0 Å². The Bertz CT molecular complexity index is 505. The van der Waals surface area contributed by atoms with E-state index in [-0.39, 0.29) is 5.91 Å². The minimum absolute atomic E-state index is 0.159. The van der Waals surface area contributed by atoms with E-state index in [1.54, 1.807) is 0 Å². The van der Waals surface area contributed by atoms with Crippen LogP contribution in [0.25, 0.3) is 0 Å². The molecule has 126 valence electrons. The van der Waals surface area contributed by atoms with Crippen LogP contribution in [0, 0.1) is 11.8 Å². The first kappa shape index (κ1) is 16.4. The second kappa shape index (κ2) is 7.37. The summed E-state index contributed by atoms with van der Waals surface area (Å²) in [5.41, 5.74) is 0.778. The molecule has 0 aliphatic heterocycles. The highest BCUT2D eigenvalue weighted by Gasteiger charge is 2.44. The SMILES string of the molecule is CCCCCOc1ccc(C(=O)N(C)C(C2CC2)C2CC2)cc1. The molecule has 0 bridgehead atoms. The number of carbonyl (C=O) groups is 1. The number of nitrogens with zero attached hydrogens (tertiary/aromatic N) is 1. The van der Waals surface area contributed by atoms with Crippen molar-refractivity contribution in [2.45, 2.75) is 57.9 Å². The molecule has 0 saturated heterocycles. The maximum Gasteiger partial charge on any atom is 0.253 e. The van der Waals surface area contributed by atoms with Gasteiger partial charge in [-0.05, 0) is 68.2 Å². The zero-order valence-electron chi connectivity index (χ0n) is 14.5. The third-order valence-electron chi connectivity index (χ3n) is 5.10. The normalized spacial score (nSPS) is 17.3. The predicted molar refractivity (Wildman–Crippen MR) is 92.8 cm³/mol. The number of hydrogen-bond acceptors (Lipinski definition) is 2. The summed E-state index contributed by atoms with van der Waals surface area (Å²) in [6, 6.07) is 8.13. The van der Waals surface area contributed by atoms with Gasteiger partial charge in [0.05, 0.1) is 6.61 Å². The summed E-state index contributed by atoms with van der Waals surface area (Å²) in [4.78, 5) is 14.8. The Labute approximate surface area is 140 Å². The first-order valence-electron chi connectivity index (χ1n) is 9.20. The highest BCUT2D eigenvalue weighted by atomic mass is 16.5. The molecule has 0 unspecified atom stereocenters. The molecule has 1 aromatic carbocycles. The van der Waals surface area contributed by atoms with E-state index in [9.17, 15) is 4.79 Å². The topological polar surface area (TPSA) is 29.5 Å². The van der Waals surface area contributed by atoms with Crippen LogP contribution < -0.4 is 4.74 Å². The van der Waals surface area contributed by atoms with Crippen molar-refractivity contribution in [1.82, 2.24) is 4.90 Å². The second-order valence-corrected chi connectivity index (χ2v) is 7.16. The van der Waals surface area contributed by atoms with Crippen LogP contribution >= 0.6 is 0 Å². The van der Waals surface area contributed by atoms with Gasteiger partial charge >= 0.3 is 0 Å². The van der Waals surface area contributed by atoms with Crippen molar-refractivity contribution in [2.24, 2.45) is 11.8 Å². The summed E-state index contributed by atoms with van der Waals surface area (Å²) in [5, 5.41) is 0. The van der Waals surface area contributed by atoms with E-state index in [0.29, 0.717) is 6.04 Å². The number of benzene rings is 1. The predicted octanol–water partition coefficient (Wildman–Crippen LogP) is 4.52. The lowest BCUT2D eigenvalue weighted by Gasteiger charge is -2.28. The van der Waals surface area contributed by atoms with E-state index >= 15 is 0 Å². The van der Waals surface area contributed by atoms with Crippen LogP contribution in [0.5, 0.6) is 5.75 Å². The van der Waals surface area contributed by atoms with Crippen LogP contribution in [0.4, 0.5) is 0 Å². The molecule has 3 rings (SSSR count). The van der Waals surface area contributed by atoms with E-state index in [0.717, 1.165) is 36.2 Å². The maximum absolute atomic E-state index is 12.7. The molecular formula is C20H29NO2. The molecule has 3 heteroatoms. The molecule has 0 spiro atoms. The van der Waals surface area contributed by atoms with Gasteiger partial charge in [0.15, 0.2) is 0 Å². The average Bonchev–Trinajstić information content (AvgIpc) is 3.46. The molecule has 0 atom stereocenters. The smallest absolute Gasteiger partial charge is 0.253 e. The zero-order chi connectivity index (χ0) is 16.2. The number of carbonyl (C=O) groups excluding carboxylic acids is 1. The third kappa shape index (κ3) is 4.27. The van der Waals surface area contributed by atoms with Gasteiger partial charge in [-0.25, -0.2) is 0 Å². The lowest BCUT2D eigenvalue weighted by atomic mass is 10.0. The summed E-state index contributed by atoms with van der Waals surface area (Å²) in [6.45, 7) is 2.94. The van der Waals surface area contributed by atoms with Crippen molar-refractivity contribution in [3.8, 4) is 5.75 Å². The summed E-state index contributed by atoms with van der Waals surface area (Å²) < 4.78 is 5.72. The van der Waals surface area contributed by atoms with Crippen LogP contribution in [-0.2, 0) is 0 Å². The molecule has 2 saturated carbocycles. The van der Waals surface area contributed by atoms with Crippen molar-refractivity contribution in [1.29, 1.82) is 0 Å². The van der Waals surface area contributed by atoms with Crippen LogP contribution in [0.2, 0.25) is 0 Å². The molecule has 1 amide bonds. The molecule has 2 fully saturated rings. The van der Waals surface area contributed by atoms with Gasteiger partial charge in [0.1, 0.15) is 5.75 Å². The molecule has 1 aromatic rings. The van der Waals surface area contributed by atoms with Gasteiger partial charge in [-0.15, -0.1) is 0 Å². The molecule has 0 aromatic heterocycles. The highest BCUT2D eigenvalue weighted by molar-refractivity contribution is 5.94. The molecule has 2 aliphatic carbocycles. The number of hydrogen-bond donors (Lipinski definition) is 0. The fraction of sp³-hybridized carbons (Fsp3) is 0.650. The quantitative estimate of drug-likeness (QED) is 0.627. The summed E-state index contributed by atoms with van der Waals surface area (Å²) in [7, 11) is 1.98. The Kier molecular flexibility index (Phi) is 5.24. The van der Waals surface area contributed by atoms with Crippen LogP contribution in [0.15, 0.2) is 24.3 Å². The van der Waals surface area contributed by atoms with E-state index in [1.165, 1.54) is 38.5 Å². The maximum atomic E-state index is 12.7. The average molecular weight is 315 g/mol. The first-order valence-corrected chi connectivity index (χ1v) is 9.20. The molecule has 0 N–H and O–H groups in total. The summed E-state index contributed by atoms with van der Waals surface area (Å²) in [5.74, 6) is 2.52. The summed E-state index contributed by atoms with van der Waals surface area (Å²) >= 11 is 0. The van der Waals surface area contributed by atoms with Gasteiger partial charge in [-0.2, -0.15) is 0 Å². The fourth-order valence-corrected chi connectivity index (χ4v) is 3.47. The molecule has 0 radical (unpaired) electrons. The number of ether oxygens (including phenoxy) is 1.